The van der Waals surface area contributed by atoms with Crippen LogP contribution in [0, 0.1) is 17.8 Å². The normalized spacial score (nSPS) is 60.3. The third-order valence-electron chi connectivity index (χ3n) is 4.09. The second-order valence-corrected chi connectivity index (χ2v) is 10.0. The molecule has 60 valence electrons. The van der Waals surface area contributed by atoms with E-state index in [4.69, 9.17) is 0 Å². The maximum atomic E-state index is 1.64. The van der Waals surface area contributed by atoms with Crippen molar-refractivity contribution in [2.75, 3.05) is 0 Å². The maximum absolute atomic E-state index is 1.64. The molecule has 4 saturated carbocycles. The van der Waals surface area contributed by atoms with Gasteiger partial charge in [0.2, 0.25) is 0 Å². The Morgan fingerprint density at radius 2 is 1.18 bits per heavy atom. The van der Waals surface area contributed by atoms with Crippen molar-refractivity contribution in [1.82, 2.24) is 0 Å². The predicted octanol–water partition coefficient (Wildman–Crippen LogP) is 2.28. The van der Waals surface area contributed by atoms with Crippen LogP contribution in [0.5, 0.6) is 0 Å². The Labute approximate surface area is 84.8 Å². The van der Waals surface area contributed by atoms with Gasteiger partial charge in [-0.2, -0.15) is 0 Å². The van der Waals surface area contributed by atoms with Crippen LogP contribution in [-0.2, 0) is 0 Å². The molecule has 0 nitrogen and oxygen atoms in total. The van der Waals surface area contributed by atoms with E-state index in [-0.39, 0.29) is 0 Å². The van der Waals surface area contributed by atoms with Crippen LogP contribution in [0.3, 0.4) is 0 Å². The molecule has 0 unspecified atom stereocenters. The third-order valence-corrected chi connectivity index (χ3v) is 6.83. The predicted molar refractivity (Wildman–Crippen MR) is 48.0 cm³/mol. The van der Waals surface area contributed by atoms with E-state index in [2.05, 4.69) is 0 Å². The van der Waals surface area contributed by atoms with Gasteiger partial charge in [-0.3, -0.25) is 0 Å². The van der Waals surface area contributed by atoms with Gasteiger partial charge in [-0.1, -0.05) is 0 Å². The summed E-state index contributed by atoms with van der Waals surface area (Å²) in [6, 6.07) is 0. The third kappa shape index (κ3) is 1.12. The summed E-state index contributed by atoms with van der Waals surface area (Å²) in [5, 5.41) is 0. The average molecular weight is 343 g/mol. The van der Waals surface area contributed by atoms with Crippen LogP contribution in [0.1, 0.15) is 38.5 Å². The standard InChI is InChI=1S/C10H15.Pb.H/c1-7-2-9-4-8(1)5-10(3-7)6-9;;/h7-9H,1-6H2;;. The molecule has 4 rings (SSSR count). The average Bonchev–Trinajstić information content (AvgIpc) is 1.79. The van der Waals surface area contributed by atoms with Crippen LogP contribution in [0.2, 0.25) is 2.97 Å². The van der Waals surface area contributed by atoms with Gasteiger partial charge in [-0.05, 0) is 0 Å². The summed E-state index contributed by atoms with van der Waals surface area (Å²) in [4.78, 5) is 0. The van der Waals surface area contributed by atoms with Crippen molar-refractivity contribution in [2.24, 2.45) is 17.8 Å². The van der Waals surface area contributed by atoms with Gasteiger partial charge in [0.15, 0.2) is 0 Å². The number of hydrogen-bond acceptors (Lipinski definition) is 0. The Bertz CT molecular complexity index is 150. The van der Waals surface area contributed by atoms with Crippen molar-refractivity contribution in [3.05, 3.63) is 0 Å². The Kier molecular flexibility index (Phi) is 1.49. The van der Waals surface area contributed by atoms with Crippen molar-refractivity contribution in [2.45, 2.75) is 41.5 Å². The van der Waals surface area contributed by atoms with Crippen LogP contribution >= 0.6 is 0 Å². The van der Waals surface area contributed by atoms with Gasteiger partial charge in [-0.25, -0.2) is 0 Å². The molecular formula is C10H16Pb. The minimum absolute atomic E-state index is 0.967. The minimum atomic E-state index is 0.967. The number of hydrogen-bond donors (Lipinski definition) is 0. The van der Waals surface area contributed by atoms with E-state index in [1.54, 1.807) is 38.5 Å². The van der Waals surface area contributed by atoms with Crippen molar-refractivity contribution in [1.29, 1.82) is 0 Å². The summed E-state index contributed by atoms with van der Waals surface area (Å²) in [7, 11) is 0. The molecule has 1 heteroatoms. The van der Waals surface area contributed by atoms with Gasteiger partial charge in [0.25, 0.3) is 0 Å². The van der Waals surface area contributed by atoms with Gasteiger partial charge in [0, 0.05) is 0 Å². The summed E-state index contributed by atoms with van der Waals surface area (Å²) in [6.45, 7) is 0. The zero-order valence-corrected chi connectivity index (χ0v) is 11.5. The zero-order valence-electron chi connectivity index (χ0n) is 7.05. The van der Waals surface area contributed by atoms with Gasteiger partial charge in [0.05, 0.1) is 0 Å². The second kappa shape index (κ2) is 2.24. The molecular weight excluding hydrogens is 327 g/mol. The molecule has 0 aromatic heterocycles. The van der Waals surface area contributed by atoms with E-state index < -0.39 is 0 Å². The monoisotopic (exact) mass is 344 g/mol. The zero-order chi connectivity index (χ0) is 7.47. The Morgan fingerprint density at radius 1 is 0.818 bits per heavy atom. The molecule has 0 amide bonds. The van der Waals surface area contributed by atoms with E-state index in [1.807, 2.05) is 0 Å². The molecule has 0 N–H and O–H groups in total. The molecule has 0 aliphatic heterocycles. The first kappa shape index (κ1) is 7.34. The summed E-state index contributed by atoms with van der Waals surface area (Å²) in [6.07, 6.45) is 9.78. The van der Waals surface area contributed by atoms with E-state index in [9.17, 15) is 0 Å². The first-order valence-corrected chi connectivity index (χ1v) is 7.27. The van der Waals surface area contributed by atoms with E-state index in [0.717, 1.165) is 2.97 Å². The van der Waals surface area contributed by atoms with Crippen LogP contribution in [-0.4, -0.2) is 25.8 Å². The first-order chi connectivity index (χ1) is 5.23. The topological polar surface area (TPSA) is 0 Å². The molecule has 0 aromatic rings. The summed E-state index contributed by atoms with van der Waals surface area (Å²) in [5.41, 5.74) is 0. The second-order valence-electron chi connectivity index (χ2n) is 5.28. The van der Waals surface area contributed by atoms with Gasteiger partial charge < -0.3 is 0 Å². The SMILES string of the molecule is [PbH][C]12CC3CC(CC(C3)C1)C2. The van der Waals surface area contributed by atoms with E-state index >= 15 is 0 Å². The molecule has 2 radical (unpaired) electrons. The molecule has 0 heterocycles. The molecule has 4 fully saturated rings. The van der Waals surface area contributed by atoms with Crippen molar-refractivity contribution in [3.63, 3.8) is 0 Å². The van der Waals surface area contributed by atoms with Crippen molar-refractivity contribution >= 4 is 25.8 Å². The van der Waals surface area contributed by atoms with Gasteiger partial charge in [-0.15, -0.1) is 0 Å². The molecule has 0 saturated heterocycles. The fourth-order valence-corrected chi connectivity index (χ4v) is 8.07. The summed E-state index contributed by atoms with van der Waals surface area (Å²) in [5.74, 6) is 3.56. The summed E-state index contributed by atoms with van der Waals surface area (Å²) < 4.78 is 0.967. The molecule has 0 atom stereocenters. The van der Waals surface area contributed by atoms with Crippen LogP contribution in [0.15, 0.2) is 0 Å². The Balaban J connectivity index is 1.94. The molecule has 4 aliphatic carbocycles. The van der Waals surface area contributed by atoms with Crippen molar-refractivity contribution in [3.8, 4) is 0 Å². The van der Waals surface area contributed by atoms with Crippen LogP contribution in [0.25, 0.3) is 0 Å². The molecule has 0 spiro atoms. The van der Waals surface area contributed by atoms with Crippen LogP contribution < -0.4 is 0 Å². The molecule has 4 aliphatic rings. The number of rotatable bonds is 0. The fourth-order valence-electron chi connectivity index (χ4n) is 4.18. The van der Waals surface area contributed by atoms with Gasteiger partial charge >= 0.3 is 85.0 Å². The summed E-state index contributed by atoms with van der Waals surface area (Å²) >= 11 is 1.28. The molecule has 4 bridgehead atoms. The first-order valence-electron chi connectivity index (χ1n) is 5.02. The Morgan fingerprint density at radius 3 is 1.45 bits per heavy atom. The van der Waals surface area contributed by atoms with Crippen molar-refractivity contribution < 1.29 is 0 Å². The molecule has 0 aromatic carbocycles. The van der Waals surface area contributed by atoms with Gasteiger partial charge in [0.1, 0.15) is 0 Å². The van der Waals surface area contributed by atoms with E-state index in [1.165, 1.54) is 43.5 Å². The van der Waals surface area contributed by atoms with E-state index in [0.29, 0.717) is 0 Å². The quantitative estimate of drug-likeness (QED) is 0.592. The Hall–Kier alpha value is 0.922. The van der Waals surface area contributed by atoms with Crippen LogP contribution in [0.4, 0.5) is 0 Å². The fraction of sp³-hybridized carbons (Fsp3) is 1.00. The molecule has 11 heavy (non-hydrogen) atoms.